The van der Waals surface area contributed by atoms with E-state index in [1.54, 1.807) is 6.08 Å². The molecule has 1 aliphatic rings. The summed E-state index contributed by atoms with van der Waals surface area (Å²) in [5.74, 6) is -0.0604. The zero-order valence-corrected chi connectivity index (χ0v) is 15.0. The third-order valence-corrected chi connectivity index (χ3v) is 5.21. The first kappa shape index (κ1) is 16.3. The topological polar surface area (TPSA) is 46.8 Å². The van der Waals surface area contributed by atoms with Gasteiger partial charge in [-0.1, -0.05) is 11.6 Å². The molecule has 1 aliphatic heterocycles. The van der Waals surface area contributed by atoms with Crippen LogP contribution in [0, 0.1) is 0 Å². The Balaban J connectivity index is 1.50. The predicted octanol–water partition coefficient (Wildman–Crippen LogP) is 3.78. The van der Waals surface area contributed by atoms with E-state index in [0.29, 0.717) is 10.7 Å². The van der Waals surface area contributed by atoms with E-state index in [1.165, 1.54) is 17.4 Å². The van der Waals surface area contributed by atoms with E-state index in [2.05, 4.69) is 9.88 Å². The molecule has 0 amide bonds. The Morgan fingerprint density at radius 1 is 1.24 bits per heavy atom. The van der Waals surface area contributed by atoms with E-state index in [-0.39, 0.29) is 5.78 Å². The first-order valence-corrected chi connectivity index (χ1v) is 9.24. The van der Waals surface area contributed by atoms with Crippen molar-refractivity contribution in [1.29, 1.82) is 0 Å². The number of benzene rings is 1. The van der Waals surface area contributed by atoms with Gasteiger partial charge in [-0.15, -0.1) is 11.3 Å². The highest BCUT2D eigenvalue weighted by atomic mass is 35.5. The smallest absolute Gasteiger partial charge is 0.195 e. The molecule has 3 aromatic rings. The standard InChI is InChI=1S/C18H16ClN3O2S/c19-17-15(22-9-12-25-18(22)20-17)5-6-16(23)13-1-3-14(4-2-13)21-7-10-24-11-8-21/h1-6,9,12H,7-8,10-11H2. The van der Waals surface area contributed by atoms with Crippen molar-refractivity contribution in [2.75, 3.05) is 31.2 Å². The average Bonchev–Trinajstić information content (AvgIpc) is 3.21. The predicted molar refractivity (Wildman–Crippen MR) is 101 cm³/mol. The van der Waals surface area contributed by atoms with Crippen LogP contribution >= 0.6 is 22.9 Å². The fourth-order valence-corrected chi connectivity index (χ4v) is 3.84. The number of ketones is 1. The van der Waals surface area contributed by atoms with Crippen LogP contribution in [0.1, 0.15) is 16.1 Å². The number of aromatic nitrogens is 2. The number of ether oxygens (including phenoxy) is 1. The van der Waals surface area contributed by atoms with Crippen molar-refractivity contribution in [2.24, 2.45) is 0 Å². The average molecular weight is 374 g/mol. The molecule has 0 bridgehead atoms. The van der Waals surface area contributed by atoms with E-state index in [0.717, 1.165) is 42.6 Å². The number of rotatable bonds is 4. The summed E-state index contributed by atoms with van der Waals surface area (Å²) in [6.45, 7) is 3.24. The molecule has 4 rings (SSSR count). The van der Waals surface area contributed by atoms with Crippen molar-refractivity contribution < 1.29 is 9.53 Å². The number of hydrogen-bond acceptors (Lipinski definition) is 5. The van der Waals surface area contributed by atoms with Crippen LogP contribution in [-0.4, -0.2) is 41.5 Å². The number of halogens is 1. The summed E-state index contributed by atoms with van der Waals surface area (Å²) in [6.07, 6.45) is 5.14. The highest BCUT2D eigenvalue weighted by Crippen LogP contribution is 2.23. The highest BCUT2D eigenvalue weighted by Gasteiger charge is 2.12. The number of imidazole rings is 1. The van der Waals surface area contributed by atoms with Crippen molar-refractivity contribution in [2.45, 2.75) is 0 Å². The van der Waals surface area contributed by atoms with E-state index in [1.807, 2.05) is 40.2 Å². The maximum atomic E-state index is 12.4. The molecule has 0 atom stereocenters. The van der Waals surface area contributed by atoms with Crippen LogP contribution < -0.4 is 4.90 Å². The zero-order chi connectivity index (χ0) is 17.2. The number of allylic oxidation sites excluding steroid dienone is 1. The minimum Gasteiger partial charge on any atom is -0.378 e. The van der Waals surface area contributed by atoms with Crippen molar-refractivity contribution >= 4 is 45.4 Å². The summed E-state index contributed by atoms with van der Waals surface area (Å²) in [6, 6.07) is 7.68. The number of thiazole rings is 1. The van der Waals surface area contributed by atoms with E-state index in [4.69, 9.17) is 16.3 Å². The van der Waals surface area contributed by atoms with Gasteiger partial charge in [0.25, 0.3) is 0 Å². The largest absolute Gasteiger partial charge is 0.378 e. The van der Waals surface area contributed by atoms with Crippen LogP contribution in [0.5, 0.6) is 0 Å². The third-order valence-electron chi connectivity index (χ3n) is 4.17. The summed E-state index contributed by atoms with van der Waals surface area (Å²) in [4.78, 5) is 19.7. The van der Waals surface area contributed by atoms with Crippen molar-refractivity contribution in [3.05, 3.63) is 58.3 Å². The molecule has 7 heteroatoms. The Bertz CT molecular complexity index is 924. The highest BCUT2D eigenvalue weighted by molar-refractivity contribution is 7.15. The summed E-state index contributed by atoms with van der Waals surface area (Å²) < 4.78 is 7.24. The fraction of sp³-hybridized carbons (Fsp3) is 0.222. The molecule has 1 saturated heterocycles. The first-order valence-electron chi connectivity index (χ1n) is 7.98. The number of nitrogens with zero attached hydrogens (tertiary/aromatic N) is 3. The maximum absolute atomic E-state index is 12.4. The Hall–Kier alpha value is -2.15. The van der Waals surface area contributed by atoms with E-state index in [9.17, 15) is 4.79 Å². The van der Waals surface area contributed by atoms with Crippen molar-refractivity contribution in [3.63, 3.8) is 0 Å². The van der Waals surface area contributed by atoms with Crippen LogP contribution in [-0.2, 0) is 4.74 Å². The molecule has 0 unspecified atom stereocenters. The van der Waals surface area contributed by atoms with Gasteiger partial charge in [-0.3, -0.25) is 9.20 Å². The number of anilines is 1. The van der Waals surface area contributed by atoms with Gasteiger partial charge < -0.3 is 9.64 Å². The summed E-state index contributed by atoms with van der Waals surface area (Å²) in [5.41, 5.74) is 2.48. The molecule has 1 fully saturated rings. The lowest BCUT2D eigenvalue weighted by Crippen LogP contribution is -2.36. The van der Waals surface area contributed by atoms with Crippen molar-refractivity contribution in [3.8, 4) is 0 Å². The third kappa shape index (κ3) is 3.33. The molecule has 5 nitrogen and oxygen atoms in total. The van der Waals surface area contributed by atoms with Crippen LogP contribution in [0.25, 0.3) is 11.0 Å². The lowest BCUT2D eigenvalue weighted by Gasteiger charge is -2.28. The van der Waals surface area contributed by atoms with Gasteiger partial charge in [0.1, 0.15) is 0 Å². The van der Waals surface area contributed by atoms with Gasteiger partial charge in [-0.25, -0.2) is 4.98 Å². The number of hydrogen-bond donors (Lipinski definition) is 0. The second-order valence-corrected chi connectivity index (χ2v) is 6.92. The fourth-order valence-electron chi connectivity index (χ4n) is 2.83. The molecule has 0 saturated carbocycles. The van der Waals surface area contributed by atoms with Crippen LogP contribution in [0.15, 0.2) is 41.9 Å². The van der Waals surface area contributed by atoms with Crippen LogP contribution in [0.4, 0.5) is 5.69 Å². The Kier molecular flexibility index (Phi) is 4.57. The second-order valence-electron chi connectivity index (χ2n) is 5.69. The molecule has 0 aliphatic carbocycles. The molecule has 0 N–H and O–H groups in total. The van der Waals surface area contributed by atoms with E-state index >= 15 is 0 Å². The lowest BCUT2D eigenvalue weighted by molar-refractivity contribution is 0.104. The lowest BCUT2D eigenvalue weighted by atomic mass is 10.1. The number of fused-ring (bicyclic) bond motifs is 1. The molecule has 25 heavy (non-hydrogen) atoms. The summed E-state index contributed by atoms with van der Waals surface area (Å²) >= 11 is 7.64. The molecule has 128 valence electrons. The molecular weight excluding hydrogens is 358 g/mol. The Labute approximate surface area is 154 Å². The Morgan fingerprint density at radius 2 is 2.00 bits per heavy atom. The first-order chi connectivity index (χ1) is 12.2. The normalized spacial score (nSPS) is 15.3. The van der Waals surface area contributed by atoms with E-state index < -0.39 is 0 Å². The van der Waals surface area contributed by atoms with Crippen LogP contribution in [0.2, 0.25) is 5.15 Å². The number of morpholine rings is 1. The molecule has 2 aromatic heterocycles. The maximum Gasteiger partial charge on any atom is 0.195 e. The molecule has 0 spiro atoms. The second kappa shape index (κ2) is 7.00. The molecule has 1 aromatic carbocycles. The zero-order valence-electron chi connectivity index (χ0n) is 13.4. The SMILES string of the molecule is O=C(C=Cc1c(Cl)nc2sccn12)c1ccc(N2CCOCC2)cc1. The summed E-state index contributed by atoms with van der Waals surface area (Å²) in [7, 11) is 0. The van der Waals surface area contributed by atoms with Crippen LogP contribution in [0.3, 0.4) is 0 Å². The van der Waals surface area contributed by atoms with Gasteiger partial charge in [0.05, 0.1) is 18.9 Å². The molecule has 0 radical (unpaired) electrons. The minimum absolute atomic E-state index is 0.0604. The van der Waals surface area contributed by atoms with Gasteiger partial charge in [0, 0.05) is 35.9 Å². The monoisotopic (exact) mass is 373 g/mol. The Morgan fingerprint density at radius 3 is 2.76 bits per heavy atom. The van der Waals surface area contributed by atoms with Crippen molar-refractivity contribution in [1.82, 2.24) is 9.38 Å². The number of carbonyl (C=O) groups is 1. The number of carbonyl (C=O) groups excluding carboxylic acids is 1. The van der Waals surface area contributed by atoms with Gasteiger partial charge in [0.15, 0.2) is 15.9 Å². The van der Waals surface area contributed by atoms with Gasteiger partial charge in [-0.05, 0) is 36.4 Å². The van der Waals surface area contributed by atoms with Gasteiger partial charge >= 0.3 is 0 Å². The molecule has 3 heterocycles. The van der Waals surface area contributed by atoms with Gasteiger partial charge in [-0.2, -0.15) is 0 Å². The minimum atomic E-state index is -0.0604. The summed E-state index contributed by atoms with van der Waals surface area (Å²) in [5, 5.41) is 2.33. The quantitative estimate of drug-likeness (QED) is 0.515. The van der Waals surface area contributed by atoms with Gasteiger partial charge in [0.2, 0.25) is 0 Å². The molecular formula is C18H16ClN3O2S.